The maximum atomic E-state index is 5.67. The minimum Gasteiger partial charge on any atom is -0.375 e. The van der Waals surface area contributed by atoms with Crippen LogP contribution in [0, 0.1) is 0 Å². The number of hydrogen-bond donors (Lipinski definition) is 1. The molecule has 90 valence electrons. The van der Waals surface area contributed by atoms with Crippen LogP contribution in [0.15, 0.2) is 5.38 Å². The topological polar surface area (TPSA) is 42.1 Å². The first kappa shape index (κ1) is 11.9. The molecule has 0 aliphatic carbocycles. The molecular formula is C12H21N3S. The SMILES string of the molecule is CCC1CCCCCN1Cc1csc(N)n1. The van der Waals surface area contributed by atoms with Crippen molar-refractivity contribution in [2.24, 2.45) is 0 Å². The molecule has 1 fully saturated rings. The lowest BCUT2D eigenvalue weighted by Crippen LogP contribution is -2.33. The van der Waals surface area contributed by atoms with Gasteiger partial charge in [0.15, 0.2) is 5.13 Å². The zero-order valence-electron chi connectivity index (χ0n) is 9.98. The van der Waals surface area contributed by atoms with E-state index in [4.69, 9.17) is 5.73 Å². The van der Waals surface area contributed by atoms with Crippen LogP contribution in [0.2, 0.25) is 0 Å². The lowest BCUT2D eigenvalue weighted by molar-refractivity contribution is 0.184. The lowest BCUT2D eigenvalue weighted by atomic mass is 10.1. The Morgan fingerprint density at radius 1 is 1.50 bits per heavy atom. The summed E-state index contributed by atoms with van der Waals surface area (Å²) in [4.78, 5) is 6.94. The summed E-state index contributed by atoms with van der Waals surface area (Å²) in [5, 5.41) is 2.78. The summed E-state index contributed by atoms with van der Waals surface area (Å²) in [5.41, 5.74) is 6.81. The minimum absolute atomic E-state index is 0.692. The van der Waals surface area contributed by atoms with E-state index in [1.165, 1.54) is 38.6 Å². The molecular weight excluding hydrogens is 218 g/mol. The van der Waals surface area contributed by atoms with E-state index >= 15 is 0 Å². The molecule has 2 N–H and O–H groups in total. The summed E-state index contributed by atoms with van der Waals surface area (Å²) in [6.45, 7) is 4.49. The Labute approximate surface area is 102 Å². The van der Waals surface area contributed by atoms with Gasteiger partial charge < -0.3 is 5.73 Å². The number of nitrogens with two attached hydrogens (primary N) is 1. The summed E-state index contributed by atoms with van der Waals surface area (Å²) < 4.78 is 0. The second kappa shape index (κ2) is 5.64. The number of hydrogen-bond acceptors (Lipinski definition) is 4. The third kappa shape index (κ3) is 2.95. The van der Waals surface area contributed by atoms with Gasteiger partial charge >= 0.3 is 0 Å². The standard InChI is InChI=1S/C12H21N3S/c1-2-11-6-4-3-5-7-15(11)8-10-9-16-12(13)14-10/h9,11H,2-8H2,1H3,(H2,13,14). The Morgan fingerprint density at radius 3 is 3.06 bits per heavy atom. The molecule has 1 aliphatic heterocycles. The fourth-order valence-electron chi connectivity index (χ4n) is 2.51. The molecule has 0 bridgehead atoms. The highest BCUT2D eigenvalue weighted by atomic mass is 32.1. The number of rotatable bonds is 3. The molecule has 1 aliphatic rings. The lowest BCUT2D eigenvalue weighted by Gasteiger charge is -2.28. The highest BCUT2D eigenvalue weighted by molar-refractivity contribution is 7.13. The van der Waals surface area contributed by atoms with Gasteiger partial charge in [-0.05, 0) is 25.8 Å². The molecule has 0 aromatic carbocycles. The zero-order chi connectivity index (χ0) is 11.4. The van der Waals surface area contributed by atoms with Gasteiger partial charge in [-0.3, -0.25) is 4.90 Å². The van der Waals surface area contributed by atoms with Gasteiger partial charge in [0.25, 0.3) is 0 Å². The predicted octanol–water partition coefficient (Wildman–Crippen LogP) is 2.88. The molecule has 0 radical (unpaired) electrons. The third-order valence-electron chi connectivity index (χ3n) is 3.40. The minimum atomic E-state index is 0.692. The van der Waals surface area contributed by atoms with Crippen molar-refractivity contribution in [1.29, 1.82) is 0 Å². The normalized spacial score (nSPS) is 23.2. The number of nitrogen functional groups attached to an aromatic ring is 1. The van der Waals surface area contributed by atoms with Crippen molar-refractivity contribution in [3.05, 3.63) is 11.1 Å². The van der Waals surface area contributed by atoms with Crippen molar-refractivity contribution in [3.8, 4) is 0 Å². The van der Waals surface area contributed by atoms with Gasteiger partial charge in [0, 0.05) is 18.0 Å². The van der Waals surface area contributed by atoms with E-state index in [9.17, 15) is 0 Å². The van der Waals surface area contributed by atoms with E-state index in [0.717, 1.165) is 18.3 Å². The predicted molar refractivity (Wildman–Crippen MR) is 69.5 cm³/mol. The number of aromatic nitrogens is 1. The van der Waals surface area contributed by atoms with Crippen LogP contribution in [0.25, 0.3) is 0 Å². The Hall–Kier alpha value is -0.610. The zero-order valence-corrected chi connectivity index (χ0v) is 10.8. The Balaban J connectivity index is 1.99. The molecule has 2 heterocycles. The molecule has 1 aromatic rings. The molecule has 4 heteroatoms. The molecule has 1 unspecified atom stereocenters. The fraction of sp³-hybridized carbons (Fsp3) is 0.750. The average molecular weight is 239 g/mol. The summed E-state index contributed by atoms with van der Waals surface area (Å²) in [5.74, 6) is 0. The van der Waals surface area contributed by atoms with Crippen LogP contribution in [0.3, 0.4) is 0 Å². The van der Waals surface area contributed by atoms with Crippen LogP contribution >= 0.6 is 11.3 Å². The summed E-state index contributed by atoms with van der Waals surface area (Å²) in [6, 6.07) is 0.741. The van der Waals surface area contributed by atoms with Gasteiger partial charge in [0.1, 0.15) is 0 Å². The Kier molecular flexibility index (Phi) is 4.18. The van der Waals surface area contributed by atoms with Crippen molar-refractivity contribution in [2.45, 2.75) is 51.6 Å². The molecule has 1 atom stereocenters. The largest absolute Gasteiger partial charge is 0.375 e. The molecule has 1 aromatic heterocycles. The first-order valence-corrected chi connectivity index (χ1v) is 7.11. The average Bonchev–Trinajstić information content (AvgIpc) is 2.56. The van der Waals surface area contributed by atoms with Crippen LogP contribution in [0.1, 0.15) is 44.7 Å². The first-order chi connectivity index (χ1) is 7.79. The van der Waals surface area contributed by atoms with Crippen molar-refractivity contribution in [3.63, 3.8) is 0 Å². The van der Waals surface area contributed by atoms with Gasteiger partial charge in [-0.1, -0.05) is 19.8 Å². The van der Waals surface area contributed by atoms with E-state index in [-0.39, 0.29) is 0 Å². The highest BCUT2D eigenvalue weighted by Gasteiger charge is 2.20. The van der Waals surface area contributed by atoms with Crippen LogP contribution in [-0.4, -0.2) is 22.5 Å². The molecule has 16 heavy (non-hydrogen) atoms. The van der Waals surface area contributed by atoms with Crippen LogP contribution in [-0.2, 0) is 6.54 Å². The third-order valence-corrected chi connectivity index (χ3v) is 4.13. The number of anilines is 1. The van der Waals surface area contributed by atoms with Gasteiger partial charge in [0.2, 0.25) is 0 Å². The highest BCUT2D eigenvalue weighted by Crippen LogP contribution is 2.22. The monoisotopic (exact) mass is 239 g/mol. The smallest absolute Gasteiger partial charge is 0.180 e. The van der Waals surface area contributed by atoms with E-state index in [1.54, 1.807) is 11.3 Å². The summed E-state index contributed by atoms with van der Waals surface area (Å²) in [7, 11) is 0. The van der Waals surface area contributed by atoms with Gasteiger partial charge in [0.05, 0.1) is 5.69 Å². The fourth-order valence-corrected chi connectivity index (χ4v) is 3.06. The summed E-state index contributed by atoms with van der Waals surface area (Å²) >= 11 is 1.55. The van der Waals surface area contributed by atoms with Gasteiger partial charge in [-0.2, -0.15) is 0 Å². The molecule has 0 amide bonds. The van der Waals surface area contributed by atoms with E-state index in [2.05, 4.69) is 22.2 Å². The van der Waals surface area contributed by atoms with Crippen LogP contribution in [0.5, 0.6) is 0 Å². The van der Waals surface area contributed by atoms with Crippen molar-refractivity contribution in [2.75, 3.05) is 12.3 Å². The van der Waals surface area contributed by atoms with Crippen molar-refractivity contribution >= 4 is 16.5 Å². The molecule has 0 spiro atoms. The molecule has 2 rings (SSSR count). The van der Waals surface area contributed by atoms with Crippen molar-refractivity contribution in [1.82, 2.24) is 9.88 Å². The van der Waals surface area contributed by atoms with Gasteiger partial charge in [-0.25, -0.2) is 4.98 Å². The van der Waals surface area contributed by atoms with Crippen LogP contribution in [0.4, 0.5) is 5.13 Å². The van der Waals surface area contributed by atoms with Crippen LogP contribution < -0.4 is 5.73 Å². The molecule has 0 saturated carbocycles. The second-order valence-corrected chi connectivity index (χ2v) is 5.45. The van der Waals surface area contributed by atoms with Gasteiger partial charge in [-0.15, -0.1) is 11.3 Å². The molecule has 3 nitrogen and oxygen atoms in total. The number of thiazole rings is 1. The van der Waals surface area contributed by atoms with Crippen molar-refractivity contribution < 1.29 is 0 Å². The summed E-state index contributed by atoms with van der Waals surface area (Å²) in [6.07, 6.45) is 6.69. The van der Waals surface area contributed by atoms with E-state index in [0.29, 0.717) is 5.13 Å². The number of likely N-dealkylation sites (tertiary alicyclic amines) is 1. The second-order valence-electron chi connectivity index (χ2n) is 4.56. The Morgan fingerprint density at radius 2 is 2.38 bits per heavy atom. The van der Waals surface area contributed by atoms with E-state index < -0.39 is 0 Å². The first-order valence-electron chi connectivity index (χ1n) is 6.23. The Bertz CT molecular complexity index is 324. The number of nitrogens with zero attached hydrogens (tertiary/aromatic N) is 2. The maximum Gasteiger partial charge on any atom is 0.180 e. The quantitative estimate of drug-likeness (QED) is 0.882. The molecule has 1 saturated heterocycles. The maximum absolute atomic E-state index is 5.67. The van der Waals surface area contributed by atoms with E-state index in [1.807, 2.05) is 0 Å².